The maximum absolute atomic E-state index is 12.6. The lowest BCUT2D eigenvalue weighted by Gasteiger charge is -2.22. The van der Waals surface area contributed by atoms with Crippen molar-refractivity contribution in [2.45, 2.75) is 32.8 Å². The largest absolute Gasteiger partial charge is 1.00 e. The SMILES string of the molecule is COC(C[NH+]1CCC[NH+](CCC(=O)c2ccc(C)c(C)c2)CC1)c1ccccc1.[Cl-].[Cl-]. The van der Waals surface area contributed by atoms with Crippen molar-refractivity contribution < 1.29 is 44.1 Å². The van der Waals surface area contributed by atoms with Crippen molar-refractivity contribution >= 4 is 5.78 Å². The zero-order valence-corrected chi connectivity index (χ0v) is 20.4. The van der Waals surface area contributed by atoms with E-state index in [2.05, 4.69) is 50.2 Å². The zero-order chi connectivity index (χ0) is 20.6. The third kappa shape index (κ3) is 8.21. The van der Waals surface area contributed by atoms with Gasteiger partial charge in [0.15, 0.2) is 5.78 Å². The smallest absolute Gasteiger partial charge is 0.168 e. The monoisotopic (exact) mass is 466 g/mol. The summed E-state index contributed by atoms with van der Waals surface area (Å²) in [5.41, 5.74) is 4.56. The number of halogens is 2. The first-order chi connectivity index (χ1) is 14.1. The van der Waals surface area contributed by atoms with Gasteiger partial charge in [-0.2, -0.15) is 0 Å². The second-order valence-electron chi connectivity index (χ2n) is 8.41. The Bertz CT molecular complexity index is 801. The number of Topliss-reactive ketones (excluding diaryl/α,β-unsaturated/α-hetero) is 1. The molecular weight excluding hydrogens is 431 g/mol. The van der Waals surface area contributed by atoms with Gasteiger partial charge in [-0.05, 0) is 36.6 Å². The van der Waals surface area contributed by atoms with Gasteiger partial charge in [-0.25, -0.2) is 0 Å². The van der Waals surface area contributed by atoms with Crippen molar-refractivity contribution in [1.82, 2.24) is 0 Å². The van der Waals surface area contributed by atoms with Gasteiger partial charge in [-0.15, -0.1) is 0 Å². The molecule has 3 atom stereocenters. The molecule has 31 heavy (non-hydrogen) atoms. The number of nitrogens with one attached hydrogen (secondary N) is 2. The molecule has 0 aliphatic carbocycles. The number of carbonyl (C=O) groups excluding carboxylic acids is 1. The quantitative estimate of drug-likeness (QED) is 0.384. The molecule has 2 N–H and O–H groups in total. The fourth-order valence-electron chi connectivity index (χ4n) is 4.26. The first-order valence-electron chi connectivity index (χ1n) is 10.9. The maximum Gasteiger partial charge on any atom is 0.168 e. The Labute approximate surface area is 199 Å². The topological polar surface area (TPSA) is 35.2 Å². The van der Waals surface area contributed by atoms with E-state index in [1.165, 1.54) is 29.7 Å². The minimum Gasteiger partial charge on any atom is -1.00 e. The van der Waals surface area contributed by atoms with Crippen LogP contribution in [0.5, 0.6) is 0 Å². The number of rotatable bonds is 8. The number of hydrogen-bond acceptors (Lipinski definition) is 2. The second kappa shape index (κ2) is 13.9. The lowest BCUT2D eigenvalue weighted by atomic mass is 10.0. The molecular formula is C25H36Cl2N2O2. The van der Waals surface area contributed by atoms with E-state index in [-0.39, 0.29) is 36.7 Å². The van der Waals surface area contributed by atoms with E-state index >= 15 is 0 Å². The zero-order valence-electron chi connectivity index (χ0n) is 18.9. The van der Waals surface area contributed by atoms with Crippen LogP contribution in [0.3, 0.4) is 0 Å². The van der Waals surface area contributed by atoms with Crippen LogP contribution in [0.25, 0.3) is 0 Å². The molecule has 0 radical (unpaired) electrons. The summed E-state index contributed by atoms with van der Waals surface area (Å²) in [6.07, 6.45) is 1.99. The lowest BCUT2D eigenvalue weighted by molar-refractivity contribution is -0.940. The number of hydrogen-bond donors (Lipinski definition) is 2. The molecule has 172 valence electrons. The van der Waals surface area contributed by atoms with Crippen LogP contribution >= 0.6 is 0 Å². The van der Waals surface area contributed by atoms with Gasteiger partial charge in [-0.3, -0.25) is 4.79 Å². The van der Waals surface area contributed by atoms with Crippen LogP contribution in [0.2, 0.25) is 0 Å². The van der Waals surface area contributed by atoms with Crippen LogP contribution in [0.4, 0.5) is 0 Å². The Morgan fingerprint density at radius 3 is 2.29 bits per heavy atom. The van der Waals surface area contributed by atoms with Gasteiger partial charge in [0, 0.05) is 19.1 Å². The number of carbonyl (C=O) groups is 1. The van der Waals surface area contributed by atoms with Crippen LogP contribution in [-0.2, 0) is 4.74 Å². The van der Waals surface area contributed by atoms with Crippen LogP contribution in [0.1, 0.15) is 46.0 Å². The normalized spacial score (nSPS) is 19.5. The molecule has 1 saturated heterocycles. The summed E-state index contributed by atoms with van der Waals surface area (Å²) in [5.74, 6) is 0.276. The Balaban J connectivity index is 0.00000240. The van der Waals surface area contributed by atoms with Crippen LogP contribution < -0.4 is 34.6 Å². The molecule has 0 amide bonds. The predicted octanol–water partition coefficient (Wildman–Crippen LogP) is -4.55. The van der Waals surface area contributed by atoms with Gasteiger partial charge in [-0.1, -0.05) is 42.5 Å². The van der Waals surface area contributed by atoms with Crippen molar-refractivity contribution in [2.24, 2.45) is 0 Å². The summed E-state index contributed by atoms with van der Waals surface area (Å²) in [6, 6.07) is 16.6. The Morgan fingerprint density at radius 1 is 0.935 bits per heavy atom. The fourth-order valence-corrected chi connectivity index (χ4v) is 4.26. The Hall–Kier alpha value is -1.43. The van der Waals surface area contributed by atoms with E-state index in [0.717, 1.165) is 38.3 Å². The summed E-state index contributed by atoms with van der Waals surface area (Å²) in [6.45, 7) is 10.7. The van der Waals surface area contributed by atoms with Gasteiger partial charge in [0.2, 0.25) is 0 Å². The maximum atomic E-state index is 12.6. The molecule has 0 saturated carbocycles. The first kappa shape index (κ1) is 27.6. The van der Waals surface area contributed by atoms with Gasteiger partial charge in [0.25, 0.3) is 0 Å². The highest BCUT2D eigenvalue weighted by molar-refractivity contribution is 5.96. The molecule has 1 fully saturated rings. The highest BCUT2D eigenvalue weighted by Gasteiger charge is 2.24. The van der Waals surface area contributed by atoms with Crippen molar-refractivity contribution in [3.8, 4) is 0 Å². The van der Waals surface area contributed by atoms with Gasteiger partial charge in [0.1, 0.15) is 25.7 Å². The van der Waals surface area contributed by atoms with Crippen LogP contribution in [0, 0.1) is 13.8 Å². The molecule has 0 bridgehead atoms. The fraction of sp³-hybridized carbons (Fsp3) is 0.480. The average Bonchev–Trinajstić information content (AvgIpc) is 2.98. The van der Waals surface area contributed by atoms with Gasteiger partial charge < -0.3 is 39.4 Å². The summed E-state index contributed by atoms with van der Waals surface area (Å²) in [5, 5.41) is 0. The predicted molar refractivity (Wildman–Crippen MR) is 117 cm³/mol. The van der Waals surface area contributed by atoms with Crippen molar-refractivity contribution in [2.75, 3.05) is 46.4 Å². The number of ether oxygens (including phenoxy) is 1. The number of benzene rings is 2. The summed E-state index contributed by atoms with van der Waals surface area (Å²) in [4.78, 5) is 15.8. The Kier molecular flexibility index (Phi) is 12.3. The van der Waals surface area contributed by atoms with E-state index in [9.17, 15) is 4.79 Å². The Morgan fingerprint density at radius 2 is 1.61 bits per heavy atom. The van der Waals surface area contributed by atoms with E-state index < -0.39 is 0 Å². The van der Waals surface area contributed by atoms with Gasteiger partial charge >= 0.3 is 0 Å². The minimum atomic E-state index is 0. The van der Waals surface area contributed by atoms with E-state index in [1.807, 2.05) is 19.2 Å². The molecule has 2 aromatic rings. The lowest BCUT2D eigenvalue weighted by Crippen LogP contribution is -3.18. The van der Waals surface area contributed by atoms with Crippen LogP contribution in [0.15, 0.2) is 48.5 Å². The molecule has 1 heterocycles. The van der Waals surface area contributed by atoms with Crippen molar-refractivity contribution in [3.05, 3.63) is 70.8 Å². The van der Waals surface area contributed by atoms with Crippen molar-refractivity contribution in [1.29, 1.82) is 0 Å². The first-order valence-corrected chi connectivity index (χ1v) is 10.9. The number of methoxy groups -OCH3 is 1. The highest BCUT2D eigenvalue weighted by atomic mass is 35.5. The molecule has 1 aliphatic heterocycles. The average molecular weight is 467 g/mol. The van der Waals surface area contributed by atoms with E-state index in [4.69, 9.17) is 4.74 Å². The molecule has 6 heteroatoms. The van der Waals surface area contributed by atoms with Crippen molar-refractivity contribution in [3.63, 3.8) is 0 Å². The summed E-state index contributed by atoms with van der Waals surface area (Å²) < 4.78 is 5.78. The third-order valence-electron chi connectivity index (χ3n) is 6.36. The van der Waals surface area contributed by atoms with E-state index in [0.29, 0.717) is 6.42 Å². The minimum absolute atomic E-state index is 0. The summed E-state index contributed by atoms with van der Waals surface area (Å²) >= 11 is 0. The molecule has 3 unspecified atom stereocenters. The van der Waals surface area contributed by atoms with Gasteiger partial charge in [0.05, 0.1) is 26.1 Å². The van der Waals surface area contributed by atoms with Crippen LogP contribution in [-0.4, -0.2) is 52.2 Å². The highest BCUT2D eigenvalue weighted by Crippen LogP contribution is 2.14. The number of quaternary nitrogens is 2. The molecule has 0 aromatic heterocycles. The molecule has 2 aromatic carbocycles. The summed E-state index contributed by atoms with van der Waals surface area (Å²) in [7, 11) is 1.81. The number of aryl methyl sites for hydroxylation is 2. The standard InChI is InChI=1S/C25H34N2O2.2ClH/c1-20-10-11-23(18-21(20)2)24(28)12-15-26-13-7-14-27(17-16-26)19-25(29-3)22-8-5-4-6-9-22;;/h4-6,8-11,18,25H,7,12-17,19H2,1-3H3;2*1H. The number of ketones is 1. The molecule has 1 aliphatic rings. The molecule has 3 rings (SSSR count). The molecule has 4 nitrogen and oxygen atoms in total. The second-order valence-corrected chi connectivity index (χ2v) is 8.41. The third-order valence-corrected chi connectivity index (χ3v) is 6.36. The van der Waals surface area contributed by atoms with E-state index in [1.54, 1.807) is 9.80 Å². The molecule has 0 spiro atoms.